The Balaban J connectivity index is 1.89. The van der Waals surface area contributed by atoms with Crippen LogP contribution in [-0.2, 0) is 10.8 Å². The van der Waals surface area contributed by atoms with Crippen molar-refractivity contribution in [3.8, 4) is 0 Å². The summed E-state index contributed by atoms with van der Waals surface area (Å²) in [6.07, 6.45) is 8.11. The summed E-state index contributed by atoms with van der Waals surface area (Å²) in [6.45, 7) is 22.0. The summed E-state index contributed by atoms with van der Waals surface area (Å²) in [5.41, 5.74) is 17.4. The first-order chi connectivity index (χ1) is 24.3. The molecule has 6 aromatic carbocycles. The Labute approximate surface area is 305 Å². The van der Waals surface area contributed by atoms with E-state index in [1.165, 1.54) is 22.1 Å². The smallest absolute Gasteiger partial charge is 0.0620 e. The summed E-state index contributed by atoms with van der Waals surface area (Å²) in [4.78, 5) is 4.81. The molecule has 0 aromatic heterocycles. The third kappa shape index (κ3) is 7.07. The minimum Gasteiger partial charge on any atom is -0.399 e. The van der Waals surface area contributed by atoms with Crippen LogP contribution in [0.4, 0.5) is 34.1 Å². The summed E-state index contributed by atoms with van der Waals surface area (Å²) in [5.74, 6) is 0. The number of aryl methyl sites for hydroxylation is 1. The molecular weight excluding hydrogens is 619 g/mol. The molecule has 6 aromatic rings. The minimum atomic E-state index is -0.0685. The molecule has 6 rings (SSSR count). The van der Waals surface area contributed by atoms with E-state index in [2.05, 4.69) is 187 Å². The van der Waals surface area contributed by atoms with E-state index in [0.717, 1.165) is 50.3 Å². The molecular formula is C48H51N3. The summed E-state index contributed by atoms with van der Waals surface area (Å²) in [7, 11) is 0. The van der Waals surface area contributed by atoms with Gasteiger partial charge in [-0.15, -0.1) is 0 Å². The number of hydrogen-bond acceptors (Lipinski definition) is 3. The van der Waals surface area contributed by atoms with Gasteiger partial charge in [-0.25, -0.2) is 0 Å². The molecule has 0 bridgehead atoms. The Morgan fingerprint density at radius 2 is 1.16 bits per heavy atom. The van der Waals surface area contributed by atoms with E-state index >= 15 is 0 Å². The fourth-order valence-electron chi connectivity index (χ4n) is 6.81. The highest BCUT2D eigenvalue weighted by Crippen LogP contribution is 2.51. The van der Waals surface area contributed by atoms with Crippen LogP contribution < -0.4 is 15.5 Å². The number of hydrogen-bond donors (Lipinski definition) is 1. The SMILES string of the molecule is C=CC=CC(=CC)N(c1cccc(N)c1)c1c2cc(C(C)(C)C)ccc2c(N(c2ccccc2)c2ccc(C)cc2)c2cc(C(C)(C)C)ccc12. The van der Waals surface area contributed by atoms with Crippen molar-refractivity contribution < 1.29 is 0 Å². The Morgan fingerprint density at radius 3 is 1.71 bits per heavy atom. The van der Waals surface area contributed by atoms with Crippen molar-refractivity contribution in [3.05, 3.63) is 169 Å². The van der Waals surface area contributed by atoms with E-state index in [-0.39, 0.29) is 10.8 Å². The monoisotopic (exact) mass is 669 g/mol. The number of nitrogens with zero attached hydrogens (tertiary/aromatic N) is 2. The predicted octanol–water partition coefficient (Wildman–Crippen LogP) is 13.7. The van der Waals surface area contributed by atoms with Gasteiger partial charge in [0.2, 0.25) is 0 Å². The van der Waals surface area contributed by atoms with E-state index in [1.54, 1.807) is 0 Å². The molecule has 0 heterocycles. The maximum atomic E-state index is 6.51. The second kappa shape index (κ2) is 14.0. The van der Waals surface area contributed by atoms with Crippen molar-refractivity contribution in [1.82, 2.24) is 0 Å². The van der Waals surface area contributed by atoms with Gasteiger partial charge < -0.3 is 15.5 Å². The minimum absolute atomic E-state index is 0.0626. The largest absolute Gasteiger partial charge is 0.399 e. The zero-order valence-corrected chi connectivity index (χ0v) is 31.5. The highest BCUT2D eigenvalue weighted by Gasteiger charge is 2.28. The molecule has 0 saturated heterocycles. The summed E-state index contributed by atoms with van der Waals surface area (Å²) < 4.78 is 0. The molecule has 3 nitrogen and oxygen atoms in total. The average Bonchev–Trinajstić information content (AvgIpc) is 3.10. The fraction of sp³-hybridized carbons (Fsp3) is 0.208. The van der Waals surface area contributed by atoms with Crippen molar-refractivity contribution in [3.63, 3.8) is 0 Å². The van der Waals surface area contributed by atoms with Gasteiger partial charge in [-0.3, -0.25) is 0 Å². The molecule has 0 fully saturated rings. The van der Waals surface area contributed by atoms with E-state index < -0.39 is 0 Å². The number of anilines is 6. The maximum Gasteiger partial charge on any atom is 0.0620 e. The van der Waals surface area contributed by atoms with Crippen molar-refractivity contribution in [2.45, 2.75) is 66.2 Å². The van der Waals surface area contributed by atoms with Gasteiger partial charge in [-0.1, -0.05) is 133 Å². The lowest BCUT2D eigenvalue weighted by molar-refractivity contribution is 0.590. The van der Waals surface area contributed by atoms with Crippen LogP contribution in [0.5, 0.6) is 0 Å². The van der Waals surface area contributed by atoms with E-state index in [4.69, 9.17) is 5.73 Å². The van der Waals surface area contributed by atoms with E-state index in [1.807, 2.05) is 24.3 Å². The highest BCUT2D eigenvalue weighted by atomic mass is 15.2. The standard InChI is InChI=1S/C48H51N3/c1-10-12-18-37(11-2)50(40-21-16-17-36(49)32-40)45-41-28-24-35(48(7,8)9)31-44(41)46(42-29-25-34(30-43(42)45)47(4,5)6)51(38-19-14-13-15-20-38)39-26-22-33(3)23-27-39/h10-32H,1,49H2,2-9H3. The molecule has 0 saturated carbocycles. The zero-order valence-electron chi connectivity index (χ0n) is 31.5. The van der Waals surface area contributed by atoms with Crippen LogP contribution in [0.25, 0.3) is 21.5 Å². The van der Waals surface area contributed by atoms with Crippen LogP contribution in [0, 0.1) is 6.92 Å². The van der Waals surface area contributed by atoms with Gasteiger partial charge in [-0.05, 0) is 96.5 Å². The van der Waals surface area contributed by atoms with Gasteiger partial charge in [0.1, 0.15) is 0 Å². The second-order valence-electron chi connectivity index (χ2n) is 15.5. The van der Waals surface area contributed by atoms with Crippen LogP contribution in [0.2, 0.25) is 0 Å². The number of fused-ring (bicyclic) bond motifs is 2. The molecule has 0 amide bonds. The van der Waals surface area contributed by atoms with Crippen LogP contribution >= 0.6 is 0 Å². The second-order valence-corrected chi connectivity index (χ2v) is 15.5. The number of benzene rings is 6. The number of allylic oxidation sites excluding steroid dienone is 4. The van der Waals surface area contributed by atoms with Gasteiger partial charge >= 0.3 is 0 Å². The van der Waals surface area contributed by atoms with Gasteiger partial charge in [0.05, 0.1) is 11.4 Å². The van der Waals surface area contributed by atoms with Gasteiger partial charge in [0.25, 0.3) is 0 Å². The zero-order chi connectivity index (χ0) is 36.5. The first kappa shape index (κ1) is 35.3. The topological polar surface area (TPSA) is 32.5 Å². The predicted molar refractivity (Wildman–Crippen MR) is 224 cm³/mol. The lowest BCUT2D eigenvalue weighted by atomic mass is 9.82. The van der Waals surface area contributed by atoms with Gasteiger partial charge in [0.15, 0.2) is 0 Å². The molecule has 2 N–H and O–H groups in total. The number of nitrogens with two attached hydrogens (primary N) is 1. The first-order valence-electron chi connectivity index (χ1n) is 17.9. The van der Waals surface area contributed by atoms with Crippen LogP contribution in [0.3, 0.4) is 0 Å². The summed E-state index contributed by atoms with van der Waals surface area (Å²) in [5, 5.41) is 4.65. The van der Waals surface area contributed by atoms with Crippen molar-refractivity contribution in [2.24, 2.45) is 0 Å². The van der Waals surface area contributed by atoms with Gasteiger partial charge in [0, 0.05) is 50.0 Å². The average molecular weight is 670 g/mol. The molecule has 0 aliphatic heterocycles. The lowest BCUT2D eigenvalue weighted by Crippen LogP contribution is -2.19. The molecule has 0 spiro atoms. The first-order valence-corrected chi connectivity index (χ1v) is 17.9. The number of rotatable bonds is 8. The van der Waals surface area contributed by atoms with Gasteiger partial charge in [-0.2, -0.15) is 0 Å². The molecule has 258 valence electrons. The Bertz CT molecular complexity index is 2260. The van der Waals surface area contributed by atoms with E-state index in [0.29, 0.717) is 5.69 Å². The summed E-state index contributed by atoms with van der Waals surface area (Å²) in [6, 6.07) is 41.9. The van der Waals surface area contributed by atoms with E-state index in [9.17, 15) is 0 Å². The molecule has 0 unspecified atom stereocenters. The molecule has 0 aliphatic rings. The molecule has 51 heavy (non-hydrogen) atoms. The fourth-order valence-corrected chi connectivity index (χ4v) is 6.81. The molecule has 0 radical (unpaired) electrons. The third-order valence-corrected chi connectivity index (χ3v) is 9.63. The van der Waals surface area contributed by atoms with Crippen molar-refractivity contribution >= 4 is 55.7 Å². The number of nitrogen functional groups attached to an aromatic ring is 1. The van der Waals surface area contributed by atoms with Crippen molar-refractivity contribution in [2.75, 3.05) is 15.5 Å². The van der Waals surface area contributed by atoms with Crippen molar-refractivity contribution in [1.29, 1.82) is 0 Å². The normalized spacial score (nSPS) is 12.5. The Morgan fingerprint density at radius 1 is 0.608 bits per heavy atom. The Hall–Kier alpha value is -5.54. The molecule has 0 aliphatic carbocycles. The number of para-hydroxylation sites is 1. The van der Waals surface area contributed by atoms with Crippen LogP contribution in [0.15, 0.2) is 152 Å². The van der Waals surface area contributed by atoms with Crippen LogP contribution in [0.1, 0.15) is 65.2 Å². The molecule has 0 atom stereocenters. The summed E-state index contributed by atoms with van der Waals surface area (Å²) >= 11 is 0. The Kier molecular flexibility index (Phi) is 9.68. The third-order valence-electron chi connectivity index (χ3n) is 9.63. The van der Waals surface area contributed by atoms with Crippen LogP contribution in [-0.4, -0.2) is 0 Å². The maximum absolute atomic E-state index is 6.51. The lowest BCUT2D eigenvalue weighted by Gasteiger charge is -2.34. The highest BCUT2D eigenvalue weighted by molar-refractivity contribution is 6.23. The quantitative estimate of drug-likeness (QED) is 0.0758. The molecule has 3 heteroatoms.